The van der Waals surface area contributed by atoms with E-state index in [0.29, 0.717) is 23.2 Å². The van der Waals surface area contributed by atoms with Crippen LogP contribution >= 0.6 is 0 Å². The molecule has 160 valence electrons. The molecule has 5 rings (SSSR count). The van der Waals surface area contributed by atoms with Crippen LogP contribution in [0.4, 0.5) is 17.5 Å². The maximum Gasteiger partial charge on any atom is 0.227 e. The molecule has 1 saturated heterocycles. The van der Waals surface area contributed by atoms with Crippen molar-refractivity contribution < 1.29 is 0 Å². The monoisotopic (exact) mass is 425 g/mol. The fraction of sp³-hybridized carbons (Fsp3) is 0.261. The number of fused-ring (bicyclic) bond motifs is 1. The number of hydrogen-bond acceptors (Lipinski definition) is 8. The molecule has 0 saturated carbocycles. The normalized spacial score (nSPS) is 15.9. The Kier molecular flexibility index (Phi) is 5.13. The quantitative estimate of drug-likeness (QED) is 0.502. The van der Waals surface area contributed by atoms with E-state index in [0.717, 1.165) is 47.5 Å². The minimum atomic E-state index is 0.407. The number of nitriles is 1. The molecule has 2 N–H and O–H groups in total. The van der Waals surface area contributed by atoms with Gasteiger partial charge in [-0.25, -0.2) is 15.0 Å². The summed E-state index contributed by atoms with van der Waals surface area (Å²) in [5.41, 5.74) is 3.54. The topological polar surface area (TPSA) is 110 Å². The first-order valence-corrected chi connectivity index (χ1v) is 10.5. The minimum Gasteiger partial charge on any atom is -0.355 e. The molecule has 0 bridgehead atoms. The van der Waals surface area contributed by atoms with E-state index in [1.807, 2.05) is 30.3 Å². The third-order valence-electron chi connectivity index (χ3n) is 5.84. The highest BCUT2D eigenvalue weighted by molar-refractivity contribution is 5.82. The van der Waals surface area contributed by atoms with E-state index in [1.54, 1.807) is 12.4 Å². The second kappa shape index (κ2) is 8.24. The van der Waals surface area contributed by atoms with Crippen molar-refractivity contribution in [2.45, 2.75) is 12.5 Å². The van der Waals surface area contributed by atoms with Gasteiger partial charge in [-0.3, -0.25) is 5.10 Å². The Morgan fingerprint density at radius 3 is 2.81 bits per heavy atom. The summed E-state index contributed by atoms with van der Waals surface area (Å²) in [5.74, 6) is 1.36. The Morgan fingerprint density at radius 2 is 2.06 bits per heavy atom. The Morgan fingerprint density at radius 1 is 1.16 bits per heavy atom. The maximum atomic E-state index is 9.57. The van der Waals surface area contributed by atoms with Crippen LogP contribution in [0.25, 0.3) is 22.2 Å². The van der Waals surface area contributed by atoms with Crippen LogP contribution in [0.5, 0.6) is 0 Å². The van der Waals surface area contributed by atoms with Crippen molar-refractivity contribution in [1.29, 1.82) is 5.26 Å². The van der Waals surface area contributed by atoms with E-state index < -0.39 is 0 Å². The first-order chi connectivity index (χ1) is 15.6. The van der Waals surface area contributed by atoms with Crippen molar-refractivity contribution >= 4 is 28.4 Å². The number of rotatable bonds is 5. The fourth-order valence-electron chi connectivity index (χ4n) is 3.98. The second-order valence-corrected chi connectivity index (χ2v) is 8.12. The van der Waals surface area contributed by atoms with Crippen molar-refractivity contribution in [2.24, 2.45) is 0 Å². The van der Waals surface area contributed by atoms with Gasteiger partial charge in [-0.05, 0) is 50.8 Å². The zero-order valence-corrected chi connectivity index (χ0v) is 17.9. The number of hydrogen-bond donors (Lipinski definition) is 2. The molecule has 4 aromatic rings. The summed E-state index contributed by atoms with van der Waals surface area (Å²) in [6.45, 7) is 1.95. The summed E-state index contributed by atoms with van der Waals surface area (Å²) in [7, 11) is 4.23. The van der Waals surface area contributed by atoms with Crippen LogP contribution in [-0.4, -0.2) is 63.3 Å². The van der Waals surface area contributed by atoms with E-state index in [1.165, 1.54) is 6.20 Å². The minimum absolute atomic E-state index is 0.407. The van der Waals surface area contributed by atoms with Crippen LogP contribution in [0.15, 0.2) is 48.9 Å². The van der Waals surface area contributed by atoms with Gasteiger partial charge in [-0.1, -0.05) is 0 Å². The standard InChI is InChI=1S/C23H23N9/c1-31(2)19-7-8-32(14-19)21-6-3-15(11-25-21)22-17(10-24)12-26-23(29-22)28-18-4-5-20-16(9-18)13-27-30-20/h3-6,9,11-13,19H,7-8,14H2,1-2H3,(H,27,30)(H,26,28,29). The number of likely N-dealkylation sites (N-methyl/N-ethyl adjacent to an activating group) is 1. The molecule has 4 heterocycles. The molecule has 1 aromatic carbocycles. The predicted octanol–water partition coefficient (Wildman–Crippen LogP) is 3.17. The number of aromatic nitrogens is 5. The van der Waals surface area contributed by atoms with Gasteiger partial charge in [-0.2, -0.15) is 10.4 Å². The Labute approximate surface area is 185 Å². The average molecular weight is 426 g/mol. The van der Waals surface area contributed by atoms with Gasteiger partial charge in [0, 0.05) is 42.0 Å². The Bertz CT molecular complexity index is 1290. The van der Waals surface area contributed by atoms with E-state index in [2.05, 4.69) is 60.4 Å². The fourth-order valence-corrected chi connectivity index (χ4v) is 3.98. The molecule has 3 aromatic heterocycles. The van der Waals surface area contributed by atoms with Gasteiger partial charge in [0.25, 0.3) is 0 Å². The Balaban J connectivity index is 1.39. The van der Waals surface area contributed by atoms with Crippen LogP contribution in [0.1, 0.15) is 12.0 Å². The van der Waals surface area contributed by atoms with Gasteiger partial charge in [0.05, 0.1) is 29.2 Å². The van der Waals surface area contributed by atoms with Crippen LogP contribution in [0.2, 0.25) is 0 Å². The lowest BCUT2D eigenvalue weighted by Crippen LogP contribution is -2.31. The summed E-state index contributed by atoms with van der Waals surface area (Å²) in [5, 5.41) is 20.7. The summed E-state index contributed by atoms with van der Waals surface area (Å²) in [4.78, 5) is 18.1. The number of pyridine rings is 1. The summed E-state index contributed by atoms with van der Waals surface area (Å²) in [6.07, 6.45) is 6.21. The van der Waals surface area contributed by atoms with Crippen LogP contribution in [0.3, 0.4) is 0 Å². The predicted molar refractivity (Wildman–Crippen MR) is 124 cm³/mol. The highest BCUT2D eigenvalue weighted by Crippen LogP contribution is 2.26. The van der Waals surface area contributed by atoms with Crippen molar-refractivity contribution in [3.63, 3.8) is 0 Å². The number of H-pyrrole nitrogens is 1. The van der Waals surface area contributed by atoms with Gasteiger partial charge in [0.15, 0.2) is 0 Å². The molecule has 9 heteroatoms. The number of benzene rings is 1. The zero-order valence-electron chi connectivity index (χ0n) is 17.9. The molecule has 0 radical (unpaired) electrons. The number of nitrogens with zero attached hydrogens (tertiary/aromatic N) is 7. The SMILES string of the molecule is CN(C)C1CCN(c2ccc(-c3nc(Nc4ccc5[nH]ncc5c4)ncc3C#N)cn2)C1. The van der Waals surface area contributed by atoms with Gasteiger partial charge in [-0.15, -0.1) is 0 Å². The Hall–Kier alpha value is -4.03. The van der Waals surface area contributed by atoms with Gasteiger partial charge < -0.3 is 15.1 Å². The van der Waals surface area contributed by atoms with Gasteiger partial charge in [0.1, 0.15) is 11.9 Å². The molecule has 1 aliphatic rings. The molecule has 1 aliphatic heterocycles. The number of nitrogens with one attached hydrogen (secondary N) is 2. The molecule has 32 heavy (non-hydrogen) atoms. The van der Waals surface area contributed by atoms with E-state index >= 15 is 0 Å². The van der Waals surface area contributed by atoms with Crippen molar-refractivity contribution in [1.82, 2.24) is 30.0 Å². The zero-order chi connectivity index (χ0) is 22.1. The molecular weight excluding hydrogens is 402 g/mol. The molecule has 0 amide bonds. The van der Waals surface area contributed by atoms with Crippen molar-refractivity contribution in [3.8, 4) is 17.3 Å². The first-order valence-electron chi connectivity index (χ1n) is 10.5. The molecule has 9 nitrogen and oxygen atoms in total. The van der Waals surface area contributed by atoms with Crippen molar-refractivity contribution in [3.05, 3.63) is 54.5 Å². The van der Waals surface area contributed by atoms with E-state index in [9.17, 15) is 5.26 Å². The third kappa shape index (κ3) is 3.84. The lowest BCUT2D eigenvalue weighted by molar-refractivity contribution is 0.315. The summed E-state index contributed by atoms with van der Waals surface area (Å²) < 4.78 is 0. The first kappa shape index (κ1) is 19.9. The van der Waals surface area contributed by atoms with Crippen LogP contribution in [0, 0.1) is 11.3 Å². The van der Waals surface area contributed by atoms with Crippen LogP contribution < -0.4 is 10.2 Å². The highest BCUT2D eigenvalue weighted by atomic mass is 15.3. The summed E-state index contributed by atoms with van der Waals surface area (Å²) >= 11 is 0. The maximum absolute atomic E-state index is 9.57. The lowest BCUT2D eigenvalue weighted by atomic mass is 10.1. The molecule has 0 spiro atoms. The molecule has 0 aliphatic carbocycles. The molecule has 1 atom stereocenters. The molecular formula is C23H23N9. The largest absolute Gasteiger partial charge is 0.355 e. The average Bonchev–Trinajstić information content (AvgIpc) is 3.49. The van der Waals surface area contributed by atoms with E-state index in [-0.39, 0.29) is 0 Å². The second-order valence-electron chi connectivity index (χ2n) is 8.12. The van der Waals surface area contributed by atoms with Gasteiger partial charge >= 0.3 is 0 Å². The molecule has 1 fully saturated rings. The number of anilines is 3. The smallest absolute Gasteiger partial charge is 0.227 e. The van der Waals surface area contributed by atoms with Crippen molar-refractivity contribution in [2.75, 3.05) is 37.4 Å². The van der Waals surface area contributed by atoms with E-state index in [4.69, 9.17) is 0 Å². The number of aromatic amines is 1. The third-order valence-corrected chi connectivity index (χ3v) is 5.84. The lowest BCUT2D eigenvalue weighted by Gasteiger charge is -2.21. The summed E-state index contributed by atoms with van der Waals surface area (Å²) in [6, 6.07) is 12.5. The highest BCUT2D eigenvalue weighted by Gasteiger charge is 2.24. The molecule has 1 unspecified atom stereocenters. The van der Waals surface area contributed by atoms with Gasteiger partial charge in [0.2, 0.25) is 5.95 Å². The van der Waals surface area contributed by atoms with Crippen LogP contribution in [-0.2, 0) is 0 Å².